The van der Waals surface area contributed by atoms with Crippen LogP contribution in [0.4, 0.5) is 10.2 Å². The lowest BCUT2D eigenvalue weighted by Crippen LogP contribution is -2.43. The third kappa shape index (κ3) is 2.68. The Balaban J connectivity index is 1.79. The molecule has 1 aromatic carbocycles. The maximum Gasteiger partial charge on any atom is 0.140 e. The zero-order chi connectivity index (χ0) is 15.8. The SMILES string of the molecule is Cc1ccc(-c2cc3c(N4CCNCC4)ncnc3s2)cc1F. The second-order valence-electron chi connectivity index (χ2n) is 5.73. The summed E-state index contributed by atoms with van der Waals surface area (Å²) in [5, 5.41) is 4.40. The first-order valence-corrected chi connectivity index (χ1v) is 8.51. The zero-order valence-corrected chi connectivity index (χ0v) is 13.7. The molecule has 1 aliphatic rings. The molecule has 3 aromatic rings. The number of hydrogen-bond donors (Lipinski definition) is 1. The number of rotatable bonds is 2. The van der Waals surface area contributed by atoms with Gasteiger partial charge in [0.25, 0.3) is 0 Å². The number of benzene rings is 1. The van der Waals surface area contributed by atoms with Crippen LogP contribution in [-0.2, 0) is 0 Å². The van der Waals surface area contributed by atoms with Crippen LogP contribution in [0.2, 0.25) is 0 Å². The van der Waals surface area contributed by atoms with E-state index in [0.29, 0.717) is 5.56 Å². The summed E-state index contributed by atoms with van der Waals surface area (Å²) in [6.45, 7) is 5.59. The van der Waals surface area contributed by atoms with Gasteiger partial charge in [0.2, 0.25) is 0 Å². The standard InChI is InChI=1S/C17H17FN4S/c1-11-2-3-12(8-14(11)18)15-9-13-16(20-10-21-17(13)23-15)22-6-4-19-5-7-22/h2-3,8-10,19H,4-7H2,1H3. The third-order valence-corrected chi connectivity index (χ3v) is 5.27. The predicted molar refractivity (Wildman–Crippen MR) is 92.6 cm³/mol. The highest BCUT2D eigenvalue weighted by molar-refractivity contribution is 7.21. The van der Waals surface area contributed by atoms with E-state index >= 15 is 0 Å². The summed E-state index contributed by atoms with van der Waals surface area (Å²) < 4.78 is 13.9. The smallest absolute Gasteiger partial charge is 0.140 e. The van der Waals surface area contributed by atoms with Crippen molar-refractivity contribution in [2.75, 3.05) is 31.1 Å². The largest absolute Gasteiger partial charge is 0.353 e. The van der Waals surface area contributed by atoms with Gasteiger partial charge in [-0.2, -0.15) is 0 Å². The van der Waals surface area contributed by atoms with E-state index in [2.05, 4.69) is 26.3 Å². The van der Waals surface area contributed by atoms with Crippen molar-refractivity contribution in [3.05, 3.63) is 42.0 Å². The Morgan fingerprint density at radius 1 is 1.17 bits per heavy atom. The summed E-state index contributed by atoms with van der Waals surface area (Å²) in [5.41, 5.74) is 1.55. The molecule has 2 aromatic heterocycles. The molecule has 4 nitrogen and oxygen atoms in total. The van der Waals surface area contributed by atoms with Crippen LogP contribution < -0.4 is 10.2 Å². The Labute approximate surface area is 138 Å². The second-order valence-corrected chi connectivity index (χ2v) is 6.76. The number of fused-ring (bicyclic) bond motifs is 1. The molecule has 4 rings (SSSR count). The predicted octanol–water partition coefficient (Wildman–Crippen LogP) is 3.22. The number of hydrogen-bond acceptors (Lipinski definition) is 5. The van der Waals surface area contributed by atoms with E-state index in [-0.39, 0.29) is 5.82 Å². The van der Waals surface area contributed by atoms with Gasteiger partial charge in [-0.1, -0.05) is 12.1 Å². The highest BCUT2D eigenvalue weighted by atomic mass is 32.1. The topological polar surface area (TPSA) is 41.0 Å². The molecular formula is C17H17FN4S. The van der Waals surface area contributed by atoms with Gasteiger partial charge in [0.05, 0.1) is 5.39 Å². The average Bonchev–Trinajstić information content (AvgIpc) is 3.02. The second kappa shape index (κ2) is 5.86. The van der Waals surface area contributed by atoms with E-state index < -0.39 is 0 Å². The average molecular weight is 328 g/mol. The lowest BCUT2D eigenvalue weighted by molar-refractivity contribution is 0.586. The summed E-state index contributed by atoms with van der Waals surface area (Å²) in [6, 6.07) is 7.46. The Morgan fingerprint density at radius 2 is 2.00 bits per heavy atom. The fourth-order valence-electron chi connectivity index (χ4n) is 2.86. The molecule has 0 atom stereocenters. The number of halogens is 1. The van der Waals surface area contributed by atoms with E-state index in [1.807, 2.05) is 12.1 Å². The first-order chi connectivity index (χ1) is 11.2. The molecule has 0 unspecified atom stereocenters. The van der Waals surface area contributed by atoms with Gasteiger partial charge in [-0.3, -0.25) is 0 Å². The number of anilines is 1. The van der Waals surface area contributed by atoms with Crippen LogP contribution in [0.25, 0.3) is 20.7 Å². The number of piperazine rings is 1. The maximum absolute atomic E-state index is 13.9. The maximum atomic E-state index is 13.9. The van der Waals surface area contributed by atoms with Crippen molar-refractivity contribution in [1.82, 2.24) is 15.3 Å². The monoisotopic (exact) mass is 328 g/mol. The fourth-order valence-corrected chi connectivity index (χ4v) is 3.85. The molecular weight excluding hydrogens is 311 g/mol. The van der Waals surface area contributed by atoms with Gasteiger partial charge in [0.1, 0.15) is 22.8 Å². The fraction of sp³-hybridized carbons (Fsp3) is 0.294. The zero-order valence-electron chi connectivity index (χ0n) is 12.8. The quantitative estimate of drug-likeness (QED) is 0.784. The molecule has 1 fully saturated rings. The van der Waals surface area contributed by atoms with Crippen LogP contribution >= 0.6 is 11.3 Å². The minimum absolute atomic E-state index is 0.173. The van der Waals surface area contributed by atoms with Crippen LogP contribution in [0.5, 0.6) is 0 Å². The molecule has 3 heterocycles. The molecule has 23 heavy (non-hydrogen) atoms. The molecule has 0 saturated carbocycles. The van der Waals surface area contributed by atoms with Gasteiger partial charge in [-0.05, 0) is 30.2 Å². The van der Waals surface area contributed by atoms with Crippen molar-refractivity contribution < 1.29 is 4.39 Å². The van der Waals surface area contributed by atoms with Crippen LogP contribution in [0.1, 0.15) is 5.56 Å². The summed E-state index contributed by atoms with van der Waals surface area (Å²) >= 11 is 1.58. The van der Waals surface area contributed by atoms with Crippen molar-refractivity contribution in [2.24, 2.45) is 0 Å². The normalized spacial score (nSPS) is 15.3. The number of aryl methyl sites for hydroxylation is 1. The molecule has 6 heteroatoms. The Hall–Kier alpha value is -2.05. The highest BCUT2D eigenvalue weighted by Gasteiger charge is 2.17. The first kappa shape index (κ1) is 14.5. The molecule has 0 aliphatic carbocycles. The Bertz CT molecular complexity index is 855. The molecule has 0 radical (unpaired) electrons. The molecule has 0 bridgehead atoms. The molecule has 0 amide bonds. The van der Waals surface area contributed by atoms with Gasteiger partial charge >= 0.3 is 0 Å². The molecule has 0 spiro atoms. The van der Waals surface area contributed by atoms with Crippen LogP contribution in [0, 0.1) is 12.7 Å². The van der Waals surface area contributed by atoms with Crippen molar-refractivity contribution in [3.8, 4) is 10.4 Å². The van der Waals surface area contributed by atoms with E-state index in [1.54, 1.807) is 30.7 Å². The molecule has 1 N–H and O–H groups in total. The summed E-state index contributed by atoms with van der Waals surface area (Å²) in [7, 11) is 0. The van der Waals surface area contributed by atoms with Gasteiger partial charge < -0.3 is 10.2 Å². The third-order valence-electron chi connectivity index (χ3n) is 4.18. The van der Waals surface area contributed by atoms with Crippen LogP contribution in [0.15, 0.2) is 30.6 Å². The minimum atomic E-state index is -0.173. The highest BCUT2D eigenvalue weighted by Crippen LogP contribution is 2.36. The van der Waals surface area contributed by atoms with Gasteiger partial charge in [0.15, 0.2) is 0 Å². The molecule has 1 aliphatic heterocycles. The van der Waals surface area contributed by atoms with Gasteiger partial charge in [-0.15, -0.1) is 11.3 Å². The lowest BCUT2D eigenvalue weighted by Gasteiger charge is -2.28. The number of aromatic nitrogens is 2. The Kier molecular flexibility index (Phi) is 3.71. The van der Waals surface area contributed by atoms with Crippen molar-refractivity contribution in [2.45, 2.75) is 6.92 Å². The van der Waals surface area contributed by atoms with Crippen molar-refractivity contribution in [1.29, 1.82) is 0 Å². The number of thiophene rings is 1. The van der Waals surface area contributed by atoms with E-state index in [9.17, 15) is 4.39 Å². The van der Waals surface area contributed by atoms with Gasteiger partial charge in [0, 0.05) is 31.1 Å². The Morgan fingerprint density at radius 3 is 2.78 bits per heavy atom. The van der Waals surface area contributed by atoms with Crippen molar-refractivity contribution in [3.63, 3.8) is 0 Å². The van der Waals surface area contributed by atoms with E-state index in [1.165, 1.54) is 0 Å². The first-order valence-electron chi connectivity index (χ1n) is 7.69. The molecule has 1 saturated heterocycles. The molecule has 118 valence electrons. The van der Waals surface area contributed by atoms with Crippen LogP contribution in [0.3, 0.4) is 0 Å². The lowest BCUT2D eigenvalue weighted by atomic mass is 10.1. The van der Waals surface area contributed by atoms with E-state index in [4.69, 9.17) is 0 Å². The summed E-state index contributed by atoms with van der Waals surface area (Å²) in [4.78, 5) is 13.1. The minimum Gasteiger partial charge on any atom is -0.353 e. The van der Waals surface area contributed by atoms with Crippen molar-refractivity contribution >= 4 is 27.4 Å². The summed E-state index contributed by atoms with van der Waals surface area (Å²) in [6.07, 6.45) is 1.62. The number of nitrogens with zero attached hydrogens (tertiary/aromatic N) is 3. The van der Waals surface area contributed by atoms with E-state index in [0.717, 1.165) is 52.7 Å². The van der Waals surface area contributed by atoms with Gasteiger partial charge in [-0.25, -0.2) is 14.4 Å². The number of nitrogens with one attached hydrogen (secondary N) is 1. The summed E-state index contributed by atoms with van der Waals surface area (Å²) in [5.74, 6) is 0.806. The van der Waals surface area contributed by atoms with Crippen LogP contribution in [-0.4, -0.2) is 36.1 Å².